The summed E-state index contributed by atoms with van der Waals surface area (Å²) in [7, 11) is 0. The Morgan fingerprint density at radius 1 is 1.06 bits per heavy atom. The van der Waals surface area contributed by atoms with Crippen molar-refractivity contribution in [3.63, 3.8) is 0 Å². The first-order chi connectivity index (χ1) is 16.0. The zero-order valence-corrected chi connectivity index (χ0v) is 18.6. The van der Waals surface area contributed by atoms with Crippen molar-refractivity contribution in [2.75, 3.05) is 6.61 Å². The molecule has 2 heterocycles. The maximum atomic E-state index is 11.3. The Morgan fingerprint density at radius 3 is 2.61 bits per heavy atom. The highest BCUT2D eigenvalue weighted by molar-refractivity contribution is 5.74. The average molecular weight is 444 g/mol. The number of amides is 1. The van der Waals surface area contributed by atoms with E-state index in [4.69, 9.17) is 13.9 Å². The van der Waals surface area contributed by atoms with Gasteiger partial charge in [-0.15, -0.1) is 0 Å². The molecule has 0 aliphatic heterocycles. The Balaban J connectivity index is 1.29. The van der Waals surface area contributed by atoms with Gasteiger partial charge in [-0.05, 0) is 74.2 Å². The van der Waals surface area contributed by atoms with E-state index in [9.17, 15) is 4.79 Å². The maximum absolute atomic E-state index is 11.3. The number of oxazole rings is 1. The van der Waals surface area contributed by atoms with E-state index in [1.807, 2.05) is 67.6 Å². The zero-order chi connectivity index (χ0) is 22.8. The van der Waals surface area contributed by atoms with Gasteiger partial charge in [0.15, 0.2) is 0 Å². The van der Waals surface area contributed by atoms with Crippen molar-refractivity contribution in [2.45, 2.75) is 32.7 Å². The van der Waals surface area contributed by atoms with Gasteiger partial charge in [0.25, 0.3) is 0 Å². The van der Waals surface area contributed by atoms with Crippen molar-refractivity contribution in [3.8, 4) is 28.7 Å². The lowest BCUT2D eigenvalue weighted by molar-refractivity contribution is -0.119. The fourth-order valence-corrected chi connectivity index (χ4v) is 3.50. The normalized spacial score (nSPS) is 14.1. The lowest BCUT2D eigenvalue weighted by Gasteiger charge is -2.10. The monoisotopic (exact) mass is 443 g/mol. The number of carbonyl (C=O) groups is 1. The van der Waals surface area contributed by atoms with Crippen LogP contribution in [0.5, 0.6) is 17.2 Å². The van der Waals surface area contributed by atoms with E-state index in [-0.39, 0.29) is 11.9 Å². The van der Waals surface area contributed by atoms with Gasteiger partial charge >= 0.3 is 0 Å². The molecule has 1 amide bonds. The molecule has 0 saturated heterocycles. The standard InChI is InChI=1S/C26H25N3O4/c1-16(27-17(2)30)23-12-13-24-26(28-23)33-25(29-24)19-8-10-20(11-9-19)32-22-5-3-4-21(14-22)31-15-18-6-7-18/h3-5,8-14,16,18H,6-7,15H2,1-2H3,(H,27,30). The van der Waals surface area contributed by atoms with E-state index in [1.165, 1.54) is 19.8 Å². The van der Waals surface area contributed by atoms with E-state index in [0.717, 1.165) is 23.7 Å². The Hall–Kier alpha value is -3.87. The summed E-state index contributed by atoms with van der Waals surface area (Å²) in [4.78, 5) is 20.3. The highest BCUT2D eigenvalue weighted by Gasteiger charge is 2.22. The molecule has 7 nitrogen and oxygen atoms in total. The Bertz CT molecular complexity index is 1280. The second kappa shape index (κ2) is 8.94. The Morgan fingerprint density at radius 2 is 1.85 bits per heavy atom. The van der Waals surface area contributed by atoms with Crippen LogP contribution in [0.2, 0.25) is 0 Å². The van der Waals surface area contributed by atoms with Gasteiger partial charge in [-0.2, -0.15) is 0 Å². The number of fused-ring (bicyclic) bond motifs is 1. The molecule has 0 radical (unpaired) electrons. The summed E-state index contributed by atoms with van der Waals surface area (Å²) in [5.74, 6) is 3.33. The van der Waals surface area contributed by atoms with Crippen LogP contribution in [0.4, 0.5) is 0 Å². The summed E-state index contributed by atoms with van der Waals surface area (Å²) in [5.41, 5.74) is 2.63. The number of rotatable bonds is 8. The average Bonchev–Trinajstić information content (AvgIpc) is 3.54. The number of carbonyl (C=O) groups excluding carboxylic acids is 1. The number of nitrogens with one attached hydrogen (secondary N) is 1. The van der Waals surface area contributed by atoms with Gasteiger partial charge in [0.1, 0.15) is 22.8 Å². The van der Waals surface area contributed by atoms with Crippen LogP contribution in [0.25, 0.3) is 22.7 Å². The summed E-state index contributed by atoms with van der Waals surface area (Å²) in [6.45, 7) is 4.13. The van der Waals surface area contributed by atoms with Crippen LogP contribution in [-0.4, -0.2) is 22.5 Å². The molecule has 1 aliphatic rings. The van der Waals surface area contributed by atoms with Gasteiger partial charge in [-0.1, -0.05) is 6.07 Å². The molecule has 1 fully saturated rings. The topological polar surface area (TPSA) is 86.5 Å². The predicted molar refractivity (Wildman–Crippen MR) is 124 cm³/mol. The van der Waals surface area contributed by atoms with Crippen molar-refractivity contribution in [2.24, 2.45) is 5.92 Å². The molecule has 1 aliphatic carbocycles. The molecule has 1 unspecified atom stereocenters. The van der Waals surface area contributed by atoms with Crippen molar-refractivity contribution in [3.05, 3.63) is 66.4 Å². The molecule has 1 saturated carbocycles. The van der Waals surface area contributed by atoms with E-state index < -0.39 is 0 Å². The number of hydrogen-bond donors (Lipinski definition) is 1. The Labute approximate surface area is 191 Å². The molecule has 33 heavy (non-hydrogen) atoms. The SMILES string of the molecule is CC(=O)NC(C)c1ccc2nc(-c3ccc(Oc4cccc(OCC5CC5)c4)cc3)oc2n1. The summed E-state index contributed by atoms with van der Waals surface area (Å²) < 4.78 is 17.7. The fourth-order valence-electron chi connectivity index (χ4n) is 3.50. The first-order valence-corrected chi connectivity index (χ1v) is 11.1. The molecule has 168 valence electrons. The van der Waals surface area contributed by atoms with Gasteiger partial charge in [0.05, 0.1) is 18.3 Å². The van der Waals surface area contributed by atoms with Crippen molar-refractivity contribution in [1.82, 2.24) is 15.3 Å². The predicted octanol–water partition coefficient (Wildman–Crippen LogP) is 5.67. The summed E-state index contributed by atoms with van der Waals surface area (Å²) in [6, 6.07) is 18.7. The second-order valence-electron chi connectivity index (χ2n) is 8.36. The molecule has 1 atom stereocenters. The molecule has 1 N–H and O–H groups in total. The lowest BCUT2D eigenvalue weighted by atomic mass is 10.2. The van der Waals surface area contributed by atoms with E-state index in [1.54, 1.807) is 0 Å². The Kier molecular flexibility index (Phi) is 5.69. The van der Waals surface area contributed by atoms with Gasteiger partial charge in [-0.3, -0.25) is 4.79 Å². The second-order valence-corrected chi connectivity index (χ2v) is 8.36. The number of nitrogens with zero attached hydrogens (tertiary/aromatic N) is 2. The molecule has 7 heteroatoms. The largest absolute Gasteiger partial charge is 0.493 e. The summed E-state index contributed by atoms with van der Waals surface area (Å²) >= 11 is 0. The number of pyridine rings is 1. The molecular formula is C26H25N3O4. The first-order valence-electron chi connectivity index (χ1n) is 11.1. The van der Waals surface area contributed by atoms with Crippen molar-refractivity contribution >= 4 is 17.1 Å². The van der Waals surface area contributed by atoms with Crippen LogP contribution in [0, 0.1) is 5.92 Å². The fraction of sp³-hybridized carbons (Fsp3) is 0.269. The van der Waals surface area contributed by atoms with E-state index in [2.05, 4.69) is 15.3 Å². The van der Waals surface area contributed by atoms with Crippen LogP contribution >= 0.6 is 0 Å². The van der Waals surface area contributed by atoms with Crippen LogP contribution in [0.3, 0.4) is 0 Å². The number of ether oxygens (including phenoxy) is 2. The minimum Gasteiger partial charge on any atom is -0.493 e. The molecule has 5 rings (SSSR count). The smallest absolute Gasteiger partial charge is 0.247 e. The van der Waals surface area contributed by atoms with Crippen molar-refractivity contribution in [1.29, 1.82) is 0 Å². The number of hydrogen-bond acceptors (Lipinski definition) is 6. The third kappa shape index (κ3) is 5.14. The van der Waals surface area contributed by atoms with Gasteiger partial charge in [0, 0.05) is 18.6 Å². The number of benzene rings is 2. The maximum Gasteiger partial charge on any atom is 0.247 e. The van der Waals surface area contributed by atoms with Gasteiger partial charge in [0.2, 0.25) is 17.5 Å². The lowest BCUT2D eigenvalue weighted by Crippen LogP contribution is -2.24. The summed E-state index contributed by atoms with van der Waals surface area (Å²) in [5, 5.41) is 2.82. The molecule has 0 bridgehead atoms. The molecular weight excluding hydrogens is 418 g/mol. The molecule has 4 aromatic rings. The van der Waals surface area contributed by atoms with Gasteiger partial charge < -0.3 is 19.2 Å². The minimum atomic E-state index is -0.213. The van der Waals surface area contributed by atoms with E-state index in [0.29, 0.717) is 34.5 Å². The third-order valence-electron chi connectivity index (χ3n) is 5.47. The zero-order valence-electron chi connectivity index (χ0n) is 18.6. The van der Waals surface area contributed by atoms with Crippen LogP contribution < -0.4 is 14.8 Å². The summed E-state index contributed by atoms with van der Waals surface area (Å²) in [6.07, 6.45) is 2.52. The molecule has 2 aromatic heterocycles. The third-order valence-corrected chi connectivity index (χ3v) is 5.47. The van der Waals surface area contributed by atoms with Gasteiger partial charge in [-0.25, -0.2) is 9.97 Å². The van der Waals surface area contributed by atoms with Crippen LogP contribution in [0.1, 0.15) is 38.4 Å². The number of aromatic nitrogens is 2. The first kappa shape index (κ1) is 21.0. The van der Waals surface area contributed by atoms with Crippen molar-refractivity contribution < 1.29 is 18.7 Å². The highest BCUT2D eigenvalue weighted by Crippen LogP contribution is 2.32. The quantitative estimate of drug-likeness (QED) is 0.378. The highest BCUT2D eigenvalue weighted by atomic mass is 16.5. The van der Waals surface area contributed by atoms with E-state index >= 15 is 0 Å². The molecule has 0 spiro atoms. The molecule has 2 aromatic carbocycles. The van der Waals surface area contributed by atoms with Crippen LogP contribution in [0.15, 0.2) is 65.1 Å². The minimum absolute atomic E-state index is 0.109. The van der Waals surface area contributed by atoms with Crippen LogP contribution in [-0.2, 0) is 4.79 Å².